The Balaban J connectivity index is 1.80. The zero-order chi connectivity index (χ0) is 24.8. The molecule has 0 saturated heterocycles. The topological polar surface area (TPSA) is 89.0 Å². The second-order valence-electron chi connectivity index (χ2n) is 8.59. The molecule has 1 amide bonds. The molecule has 1 fully saturated rings. The normalized spacial score (nSPS) is 17.8. The SMILES string of the molecule is CCCN(C)C(=O)OCc1c(-c2ccc(O[C@H]3CCC[C@H](C(=O)O)C3)c(C)n2)ccc(F)c1F. The minimum absolute atomic E-state index is 0.101. The van der Waals surface area contributed by atoms with E-state index < -0.39 is 36.2 Å². The largest absolute Gasteiger partial charge is 0.489 e. The molecule has 1 aliphatic rings. The van der Waals surface area contributed by atoms with Crippen LogP contribution >= 0.6 is 0 Å². The number of aliphatic carboxylic acids is 1. The van der Waals surface area contributed by atoms with E-state index in [1.165, 1.54) is 11.0 Å². The van der Waals surface area contributed by atoms with Crippen molar-refractivity contribution in [2.45, 2.75) is 58.7 Å². The summed E-state index contributed by atoms with van der Waals surface area (Å²) < 4.78 is 39.8. The zero-order valence-corrected chi connectivity index (χ0v) is 19.6. The second kappa shape index (κ2) is 11.3. The first-order chi connectivity index (χ1) is 16.2. The van der Waals surface area contributed by atoms with Gasteiger partial charge in [0.05, 0.1) is 23.4 Å². The van der Waals surface area contributed by atoms with Crippen LogP contribution in [0.15, 0.2) is 24.3 Å². The van der Waals surface area contributed by atoms with Crippen molar-refractivity contribution in [1.29, 1.82) is 0 Å². The van der Waals surface area contributed by atoms with Crippen molar-refractivity contribution in [3.05, 3.63) is 47.2 Å². The Morgan fingerprint density at radius 1 is 1.21 bits per heavy atom. The number of hydrogen-bond donors (Lipinski definition) is 1. The van der Waals surface area contributed by atoms with E-state index in [9.17, 15) is 23.5 Å². The number of amides is 1. The quantitative estimate of drug-likeness (QED) is 0.554. The van der Waals surface area contributed by atoms with Gasteiger partial charge >= 0.3 is 12.1 Å². The maximum Gasteiger partial charge on any atom is 0.409 e. The second-order valence-corrected chi connectivity index (χ2v) is 8.59. The van der Waals surface area contributed by atoms with E-state index in [1.807, 2.05) is 6.92 Å². The third-order valence-electron chi connectivity index (χ3n) is 5.99. The molecular weight excluding hydrogens is 446 g/mol. The van der Waals surface area contributed by atoms with Gasteiger partial charge in [-0.25, -0.2) is 18.6 Å². The highest BCUT2D eigenvalue weighted by atomic mass is 19.2. The van der Waals surface area contributed by atoms with E-state index >= 15 is 0 Å². The Hall–Kier alpha value is -3.23. The van der Waals surface area contributed by atoms with Gasteiger partial charge in [0.15, 0.2) is 11.6 Å². The summed E-state index contributed by atoms with van der Waals surface area (Å²) in [5.41, 5.74) is 1.12. The van der Waals surface area contributed by atoms with Crippen molar-refractivity contribution in [2.24, 2.45) is 5.92 Å². The zero-order valence-electron chi connectivity index (χ0n) is 19.6. The molecule has 34 heavy (non-hydrogen) atoms. The van der Waals surface area contributed by atoms with Crippen LogP contribution < -0.4 is 4.74 Å². The molecule has 0 spiro atoms. The van der Waals surface area contributed by atoms with E-state index in [0.717, 1.165) is 25.3 Å². The van der Waals surface area contributed by atoms with Gasteiger partial charge in [-0.05, 0) is 63.3 Å². The predicted octanol–water partition coefficient (Wildman–Crippen LogP) is 5.34. The van der Waals surface area contributed by atoms with Gasteiger partial charge in [-0.3, -0.25) is 4.79 Å². The molecule has 0 radical (unpaired) electrons. The summed E-state index contributed by atoms with van der Waals surface area (Å²) >= 11 is 0. The molecule has 7 nitrogen and oxygen atoms in total. The van der Waals surface area contributed by atoms with Crippen LogP contribution in [0.5, 0.6) is 5.75 Å². The lowest BCUT2D eigenvalue weighted by molar-refractivity contribution is -0.143. The van der Waals surface area contributed by atoms with Gasteiger partial charge in [0, 0.05) is 24.7 Å². The molecule has 1 N–H and O–H groups in total. The fourth-order valence-electron chi connectivity index (χ4n) is 4.12. The Labute approximate surface area is 197 Å². The first-order valence-corrected chi connectivity index (χ1v) is 11.4. The van der Waals surface area contributed by atoms with Crippen molar-refractivity contribution < 1.29 is 33.0 Å². The number of nitrogens with zero attached hydrogens (tertiary/aromatic N) is 2. The average molecular weight is 477 g/mol. The maximum atomic E-state index is 14.7. The number of aromatic nitrogens is 1. The summed E-state index contributed by atoms with van der Waals surface area (Å²) in [6.07, 6.45) is 2.49. The van der Waals surface area contributed by atoms with Gasteiger partial charge in [-0.15, -0.1) is 0 Å². The number of rotatable bonds is 8. The first-order valence-electron chi connectivity index (χ1n) is 11.4. The number of ether oxygens (including phenoxy) is 2. The van der Waals surface area contributed by atoms with Crippen LogP contribution in [0.1, 0.15) is 50.3 Å². The summed E-state index contributed by atoms with van der Waals surface area (Å²) in [4.78, 5) is 29.3. The van der Waals surface area contributed by atoms with E-state index in [1.54, 1.807) is 26.1 Å². The minimum Gasteiger partial charge on any atom is -0.489 e. The Morgan fingerprint density at radius 3 is 2.65 bits per heavy atom. The average Bonchev–Trinajstić information content (AvgIpc) is 2.81. The number of halogens is 2. The van der Waals surface area contributed by atoms with Crippen LogP contribution in [-0.4, -0.2) is 46.7 Å². The summed E-state index contributed by atoms with van der Waals surface area (Å²) in [5.74, 6) is -2.86. The first kappa shape index (κ1) is 25.4. The minimum atomic E-state index is -1.09. The Morgan fingerprint density at radius 2 is 1.97 bits per heavy atom. The maximum absolute atomic E-state index is 14.7. The lowest BCUT2D eigenvalue weighted by Gasteiger charge is -2.27. The Bertz CT molecular complexity index is 1050. The summed E-state index contributed by atoms with van der Waals surface area (Å²) in [6, 6.07) is 5.72. The lowest BCUT2D eigenvalue weighted by atomic mass is 9.87. The van der Waals surface area contributed by atoms with Crippen molar-refractivity contribution in [3.63, 3.8) is 0 Å². The summed E-state index contributed by atoms with van der Waals surface area (Å²) in [6.45, 7) is 3.68. The third kappa shape index (κ3) is 6.01. The van der Waals surface area contributed by atoms with Gasteiger partial charge in [0.25, 0.3) is 0 Å². The molecule has 1 aromatic heterocycles. The molecule has 0 bridgehead atoms. The fraction of sp³-hybridized carbons (Fsp3) is 0.480. The molecule has 2 atom stereocenters. The van der Waals surface area contributed by atoms with Crippen LogP contribution in [0, 0.1) is 24.5 Å². The Kier molecular flexibility index (Phi) is 8.41. The molecule has 1 heterocycles. The highest BCUT2D eigenvalue weighted by molar-refractivity contribution is 5.70. The predicted molar refractivity (Wildman–Crippen MR) is 121 cm³/mol. The molecule has 1 aliphatic carbocycles. The van der Waals surface area contributed by atoms with Gasteiger partial charge in [0.2, 0.25) is 0 Å². The molecule has 9 heteroatoms. The van der Waals surface area contributed by atoms with Crippen molar-refractivity contribution in [2.75, 3.05) is 13.6 Å². The molecule has 184 valence electrons. The fourth-order valence-corrected chi connectivity index (χ4v) is 4.12. The number of carbonyl (C=O) groups excluding carboxylic acids is 1. The summed E-state index contributed by atoms with van der Waals surface area (Å²) in [5, 5.41) is 9.28. The third-order valence-corrected chi connectivity index (χ3v) is 5.99. The molecule has 3 rings (SSSR count). The van der Waals surface area contributed by atoms with Crippen LogP contribution in [0.25, 0.3) is 11.3 Å². The number of carboxylic acid groups (broad SMARTS) is 1. The monoisotopic (exact) mass is 476 g/mol. The molecule has 1 aromatic carbocycles. The van der Waals surface area contributed by atoms with Gasteiger partial charge in [-0.1, -0.05) is 6.92 Å². The van der Waals surface area contributed by atoms with E-state index in [-0.39, 0.29) is 11.7 Å². The highest BCUT2D eigenvalue weighted by Gasteiger charge is 2.28. The van der Waals surface area contributed by atoms with Crippen LogP contribution in [0.4, 0.5) is 13.6 Å². The number of benzene rings is 1. The van der Waals surface area contributed by atoms with Crippen molar-refractivity contribution in [3.8, 4) is 17.0 Å². The molecular formula is C25H30F2N2O5. The van der Waals surface area contributed by atoms with E-state index in [4.69, 9.17) is 9.47 Å². The lowest BCUT2D eigenvalue weighted by Crippen LogP contribution is -2.29. The number of carbonyl (C=O) groups is 2. The molecule has 1 saturated carbocycles. The van der Waals surface area contributed by atoms with E-state index in [2.05, 4.69) is 4.98 Å². The number of pyridine rings is 1. The highest BCUT2D eigenvalue weighted by Crippen LogP contribution is 2.32. The molecule has 0 aliphatic heterocycles. The summed E-state index contributed by atoms with van der Waals surface area (Å²) in [7, 11) is 1.57. The number of carboxylic acids is 1. The van der Waals surface area contributed by atoms with Crippen LogP contribution in [-0.2, 0) is 16.1 Å². The van der Waals surface area contributed by atoms with Crippen molar-refractivity contribution >= 4 is 12.1 Å². The van der Waals surface area contributed by atoms with Gasteiger partial charge < -0.3 is 19.5 Å². The van der Waals surface area contributed by atoms with Crippen LogP contribution in [0.3, 0.4) is 0 Å². The number of aryl methyl sites for hydroxylation is 1. The van der Waals surface area contributed by atoms with Gasteiger partial charge in [-0.2, -0.15) is 0 Å². The number of hydrogen-bond acceptors (Lipinski definition) is 5. The molecule has 2 aromatic rings. The van der Waals surface area contributed by atoms with E-state index in [0.29, 0.717) is 42.1 Å². The molecule has 0 unspecified atom stereocenters. The standard InChI is InChI=1S/C25H30F2N2O5/c1-4-12-29(3)25(32)33-14-19-18(8-9-20(26)23(19)27)21-10-11-22(15(2)28-21)34-17-7-5-6-16(13-17)24(30)31/h8-11,16-17H,4-7,12-14H2,1-3H3,(H,30,31)/t16-,17-/m0/s1. The van der Waals surface area contributed by atoms with Gasteiger partial charge in [0.1, 0.15) is 12.4 Å². The van der Waals surface area contributed by atoms with Crippen molar-refractivity contribution in [1.82, 2.24) is 9.88 Å². The van der Waals surface area contributed by atoms with Crippen LogP contribution in [0.2, 0.25) is 0 Å². The smallest absolute Gasteiger partial charge is 0.409 e.